The highest BCUT2D eigenvalue weighted by Gasteiger charge is 2.27. The molecule has 0 bridgehead atoms. The lowest BCUT2D eigenvalue weighted by atomic mass is 10.1. The normalized spacial score (nSPS) is 12.7. The predicted molar refractivity (Wildman–Crippen MR) is 94.8 cm³/mol. The number of imide groups is 1. The van der Waals surface area contributed by atoms with Crippen LogP contribution in [-0.2, 0) is 14.3 Å². The van der Waals surface area contributed by atoms with Gasteiger partial charge in [-0.15, -0.1) is 11.8 Å². The maximum absolute atomic E-state index is 12.6. The van der Waals surface area contributed by atoms with Crippen LogP contribution in [0.15, 0.2) is 65.6 Å². The summed E-state index contributed by atoms with van der Waals surface area (Å²) in [4.78, 5) is 36.0. The van der Waals surface area contributed by atoms with E-state index in [0.717, 1.165) is 10.5 Å². The number of esters is 1. The molecule has 0 unspecified atom stereocenters. The van der Waals surface area contributed by atoms with Gasteiger partial charge in [-0.05, 0) is 24.6 Å². The van der Waals surface area contributed by atoms with Gasteiger partial charge in [-0.1, -0.05) is 48.5 Å². The van der Waals surface area contributed by atoms with Gasteiger partial charge in [0.15, 0.2) is 6.10 Å². The molecule has 3 N–H and O–H groups in total. The molecule has 0 aliphatic carbocycles. The second-order valence-electron chi connectivity index (χ2n) is 5.15. The summed E-state index contributed by atoms with van der Waals surface area (Å²) < 4.78 is 5.22. The number of hydrogen-bond donors (Lipinski definition) is 2. The minimum atomic E-state index is -1.14. The Kier molecular flexibility index (Phi) is 6.59. The van der Waals surface area contributed by atoms with Crippen LogP contribution in [0, 0.1) is 0 Å². The van der Waals surface area contributed by atoms with Gasteiger partial charge in [0, 0.05) is 4.90 Å². The van der Waals surface area contributed by atoms with Crippen molar-refractivity contribution in [2.45, 2.75) is 23.2 Å². The second-order valence-corrected chi connectivity index (χ2v) is 6.33. The van der Waals surface area contributed by atoms with Crippen LogP contribution in [0.2, 0.25) is 0 Å². The van der Waals surface area contributed by atoms with Crippen LogP contribution in [0.3, 0.4) is 0 Å². The van der Waals surface area contributed by atoms with Crippen molar-refractivity contribution in [2.24, 2.45) is 5.73 Å². The maximum Gasteiger partial charge on any atom is 0.324 e. The highest BCUT2D eigenvalue weighted by molar-refractivity contribution is 8.00. The zero-order chi connectivity index (χ0) is 18.2. The fourth-order valence-electron chi connectivity index (χ4n) is 2.03. The molecule has 0 saturated heterocycles. The van der Waals surface area contributed by atoms with Crippen molar-refractivity contribution in [1.29, 1.82) is 0 Å². The third kappa shape index (κ3) is 5.65. The molecule has 0 fully saturated rings. The average molecular weight is 358 g/mol. The van der Waals surface area contributed by atoms with Crippen LogP contribution in [0.25, 0.3) is 0 Å². The smallest absolute Gasteiger partial charge is 0.324 e. The number of thioether (sulfide) groups is 1. The number of rotatable bonds is 6. The standard InChI is InChI=1S/C18H18N2O4S/c1-12(16(21)20-18(19)23)24-17(22)15(13-8-4-2-5-9-13)25-14-10-6-3-7-11-14/h2-12,15H,1H3,(H3,19,20,21,23)/t12-,15-/m0/s1. The monoisotopic (exact) mass is 358 g/mol. The lowest BCUT2D eigenvalue weighted by Crippen LogP contribution is -2.42. The van der Waals surface area contributed by atoms with Gasteiger partial charge in [-0.3, -0.25) is 14.9 Å². The molecule has 6 nitrogen and oxygen atoms in total. The number of ether oxygens (including phenoxy) is 1. The first-order valence-electron chi connectivity index (χ1n) is 7.55. The number of hydrogen-bond acceptors (Lipinski definition) is 5. The summed E-state index contributed by atoms with van der Waals surface area (Å²) in [6.45, 7) is 1.38. The summed E-state index contributed by atoms with van der Waals surface area (Å²) >= 11 is 1.32. The van der Waals surface area contributed by atoms with E-state index >= 15 is 0 Å². The maximum atomic E-state index is 12.6. The van der Waals surface area contributed by atoms with Crippen LogP contribution < -0.4 is 11.1 Å². The zero-order valence-corrected chi connectivity index (χ0v) is 14.4. The number of urea groups is 1. The third-order valence-electron chi connectivity index (χ3n) is 3.22. The summed E-state index contributed by atoms with van der Waals surface area (Å²) in [5.74, 6) is -1.34. The van der Waals surface area contributed by atoms with Crippen LogP contribution in [0.4, 0.5) is 4.79 Å². The first-order valence-corrected chi connectivity index (χ1v) is 8.43. The molecule has 0 aliphatic rings. The van der Waals surface area contributed by atoms with Crippen LogP contribution in [0.5, 0.6) is 0 Å². The van der Waals surface area contributed by atoms with E-state index in [9.17, 15) is 14.4 Å². The minimum absolute atomic E-state index is 0.577. The summed E-state index contributed by atoms with van der Waals surface area (Å²) in [6, 6.07) is 17.5. The van der Waals surface area contributed by atoms with Gasteiger partial charge < -0.3 is 10.5 Å². The van der Waals surface area contributed by atoms with E-state index in [1.54, 1.807) is 0 Å². The summed E-state index contributed by atoms with van der Waals surface area (Å²) in [7, 11) is 0. The summed E-state index contributed by atoms with van der Waals surface area (Å²) in [6.07, 6.45) is -1.14. The Morgan fingerprint density at radius 2 is 1.56 bits per heavy atom. The second kappa shape index (κ2) is 8.89. The number of carbonyl (C=O) groups is 3. The average Bonchev–Trinajstić information content (AvgIpc) is 2.60. The van der Waals surface area contributed by atoms with Crippen LogP contribution in [-0.4, -0.2) is 24.0 Å². The molecule has 7 heteroatoms. The van der Waals surface area contributed by atoms with Crippen molar-refractivity contribution in [2.75, 3.05) is 0 Å². The Morgan fingerprint density at radius 3 is 2.12 bits per heavy atom. The lowest BCUT2D eigenvalue weighted by molar-refractivity contribution is -0.154. The van der Waals surface area contributed by atoms with Crippen molar-refractivity contribution < 1.29 is 19.1 Å². The van der Waals surface area contributed by atoms with E-state index in [0.29, 0.717) is 0 Å². The number of primary amides is 1. The van der Waals surface area contributed by atoms with Crippen LogP contribution in [0.1, 0.15) is 17.7 Å². The molecule has 2 aromatic rings. The molecule has 130 valence electrons. The Balaban J connectivity index is 2.16. The fraction of sp³-hybridized carbons (Fsp3) is 0.167. The predicted octanol–water partition coefficient (Wildman–Crippen LogP) is 2.65. The van der Waals surface area contributed by atoms with Crippen LogP contribution >= 0.6 is 11.8 Å². The van der Waals surface area contributed by atoms with E-state index in [1.165, 1.54) is 18.7 Å². The molecule has 2 rings (SSSR count). The molecule has 0 heterocycles. The van der Waals surface area contributed by atoms with Gasteiger partial charge in [0.1, 0.15) is 5.25 Å². The molecule has 25 heavy (non-hydrogen) atoms. The molecule has 3 amide bonds. The molecule has 0 aromatic heterocycles. The molecular weight excluding hydrogens is 340 g/mol. The quantitative estimate of drug-likeness (QED) is 0.611. The fourth-order valence-corrected chi connectivity index (χ4v) is 3.06. The number of carbonyl (C=O) groups excluding carboxylic acids is 3. The van der Waals surface area contributed by atoms with E-state index in [4.69, 9.17) is 10.5 Å². The molecule has 0 spiro atoms. The molecular formula is C18H18N2O4S. The van der Waals surface area contributed by atoms with Crippen molar-refractivity contribution >= 4 is 29.7 Å². The van der Waals surface area contributed by atoms with E-state index < -0.39 is 29.3 Å². The van der Waals surface area contributed by atoms with Gasteiger partial charge in [0.05, 0.1) is 0 Å². The van der Waals surface area contributed by atoms with Crippen molar-refractivity contribution in [3.63, 3.8) is 0 Å². The molecule has 0 aliphatic heterocycles. The molecule has 2 aromatic carbocycles. The SMILES string of the molecule is C[C@H](OC(=O)[C@@H](Sc1ccccc1)c1ccccc1)C(=O)NC(N)=O. The van der Waals surface area contributed by atoms with Gasteiger partial charge in [-0.2, -0.15) is 0 Å². The molecule has 0 saturated carbocycles. The van der Waals surface area contributed by atoms with Crippen molar-refractivity contribution in [1.82, 2.24) is 5.32 Å². The van der Waals surface area contributed by atoms with E-state index in [1.807, 2.05) is 66.0 Å². The first-order chi connectivity index (χ1) is 12.0. The highest BCUT2D eigenvalue weighted by Crippen LogP contribution is 2.36. The Hall–Kier alpha value is -2.80. The van der Waals surface area contributed by atoms with Gasteiger partial charge in [-0.25, -0.2) is 4.79 Å². The minimum Gasteiger partial charge on any atom is -0.451 e. The van der Waals surface area contributed by atoms with Gasteiger partial charge >= 0.3 is 12.0 Å². The highest BCUT2D eigenvalue weighted by atomic mass is 32.2. The molecule has 0 radical (unpaired) electrons. The van der Waals surface area contributed by atoms with Gasteiger partial charge in [0.2, 0.25) is 0 Å². The zero-order valence-electron chi connectivity index (χ0n) is 13.5. The first kappa shape index (κ1) is 18.5. The Labute approximate surface area is 149 Å². The topological polar surface area (TPSA) is 98.5 Å². The van der Waals surface area contributed by atoms with Crippen molar-refractivity contribution in [3.8, 4) is 0 Å². The van der Waals surface area contributed by atoms with E-state index in [-0.39, 0.29) is 0 Å². The largest absolute Gasteiger partial charge is 0.451 e. The summed E-state index contributed by atoms with van der Waals surface area (Å²) in [5.41, 5.74) is 5.65. The number of benzene rings is 2. The number of nitrogens with two attached hydrogens (primary N) is 1. The Morgan fingerprint density at radius 1 is 1.00 bits per heavy atom. The van der Waals surface area contributed by atoms with Gasteiger partial charge in [0.25, 0.3) is 5.91 Å². The Bertz CT molecular complexity index is 737. The summed E-state index contributed by atoms with van der Waals surface area (Å²) in [5, 5.41) is 1.25. The van der Waals surface area contributed by atoms with E-state index in [2.05, 4.69) is 0 Å². The number of nitrogens with one attached hydrogen (secondary N) is 1. The number of amides is 3. The lowest BCUT2D eigenvalue weighted by Gasteiger charge is -2.19. The third-order valence-corrected chi connectivity index (χ3v) is 4.47. The van der Waals surface area contributed by atoms with Crippen molar-refractivity contribution in [3.05, 3.63) is 66.2 Å². The molecule has 2 atom stereocenters.